The maximum absolute atomic E-state index is 12.8. The number of anilines is 1. The van der Waals surface area contributed by atoms with E-state index in [1.165, 1.54) is 10.4 Å². The van der Waals surface area contributed by atoms with Gasteiger partial charge in [0.05, 0.1) is 11.7 Å². The molecule has 1 N–H and O–H groups in total. The summed E-state index contributed by atoms with van der Waals surface area (Å²) < 4.78 is 3.13. The van der Waals surface area contributed by atoms with Crippen LogP contribution in [0, 0.1) is 0 Å². The monoisotopic (exact) mass is 349 g/mol. The molecule has 134 valence electrons. The molecule has 0 radical (unpaired) electrons. The van der Waals surface area contributed by atoms with Gasteiger partial charge in [0, 0.05) is 31.9 Å². The lowest BCUT2D eigenvalue weighted by molar-refractivity contribution is 0.541. The molecule has 4 rings (SSSR count). The number of rotatable bonds is 4. The first-order valence-electron chi connectivity index (χ1n) is 9.01. The summed E-state index contributed by atoms with van der Waals surface area (Å²) in [6, 6.07) is 18.0. The Kier molecular flexibility index (Phi) is 4.58. The van der Waals surface area contributed by atoms with Crippen molar-refractivity contribution in [1.29, 1.82) is 0 Å². The molecule has 1 atom stereocenters. The smallest absolute Gasteiger partial charge is 0.350 e. The molecule has 1 aliphatic heterocycles. The molecule has 0 bridgehead atoms. The fourth-order valence-corrected chi connectivity index (χ4v) is 3.38. The third-order valence-electron chi connectivity index (χ3n) is 4.95. The van der Waals surface area contributed by atoms with Crippen LogP contribution in [0.15, 0.2) is 65.7 Å². The molecule has 6 nitrogen and oxygen atoms in total. The number of aromatic nitrogens is 3. The normalized spacial score (nSPS) is 15.8. The van der Waals surface area contributed by atoms with Gasteiger partial charge in [0.15, 0.2) is 0 Å². The zero-order chi connectivity index (χ0) is 17.9. The third kappa shape index (κ3) is 3.15. The maximum atomic E-state index is 12.8. The standard InChI is InChI=1S/C20H23N5O/c1-16(17-5-3-2-4-6-17)25-20(26)24(15-22-25)19-9-7-18(8-10-19)23-13-11-21-12-14-23/h2-10,15-16,21H,11-14H2,1H3. The van der Waals surface area contributed by atoms with Crippen LogP contribution in [0.1, 0.15) is 18.5 Å². The first-order chi connectivity index (χ1) is 12.7. The molecule has 0 amide bonds. The highest BCUT2D eigenvalue weighted by atomic mass is 16.2. The van der Waals surface area contributed by atoms with Gasteiger partial charge < -0.3 is 10.2 Å². The highest BCUT2D eigenvalue weighted by Crippen LogP contribution is 2.18. The Morgan fingerprint density at radius 2 is 1.62 bits per heavy atom. The highest BCUT2D eigenvalue weighted by Gasteiger charge is 2.15. The Balaban J connectivity index is 1.59. The Hall–Kier alpha value is -2.86. The van der Waals surface area contributed by atoms with Crippen molar-refractivity contribution >= 4 is 5.69 Å². The van der Waals surface area contributed by atoms with Crippen LogP contribution in [-0.2, 0) is 0 Å². The Morgan fingerprint density at radius 1 is 0.962 bits per heavy atom. The summed E-state index contributed by atoms with van der Waals surface area (Å²) in [5, 5.41) is 7.69. The molecule has 0 spiro atoms. The van der Waals surface area contributed by atoms with Crippen LogP contribution in [0.4, 0.5) is 5.69 Å². The average molecular weight is 349 g/mol. The molecule has 0 aliphatic carbocycles. The highest BCUT2D eigenvalue weighted by molar-refractivity contribution is 5.51. The first kappa shape index (κ1) is 16.6. The molecular weight excluding hydrogens is 326 g/mol. The van der Waals surface area contributed by atoms with Crippen LogP contribution in [0.25, 0.3) is 5.69 Å². The van der Waals surface area contributed by atoms with Gasteiger partial charge in [-0.25, -0.2) is 14.0 Å². The molecule has 1 unspecified atom stereocenters. The van der Waals surface area contributed by atoms with Crippen LogP contribution >= 0.6 is 0 Å². The number of nitrogens with one attached hydrogen (secondary N) is 1. The van der Waals surface area contributed by atoms with E-state index in [0.717, 1.165) is 37.4 Å². The van der Waals surface area contributed by atoms with Crippen molar-refractivity contribution in [2.24, 2.45) is 0 Å². The van der Waals surface area contributed by atoms with E-state index in [4.69, 9.17) is 0 Å². The maximum Gasteiger partial charge on any atom is 0.350 e. The summed E-state index contributed by atoms with van der Waals surface area (Å²) in [4.78, 5) is 15.2. The SMILES string of the molecule is CC(c1ccccc1)n1ncn(-c2ccc(N3CCNCC3)cc2)c1=O. The summed E-state index contributed by atoms with van der Waals surface area (Å²) >= 11 is 0. The van der Waals surface area contributed by atoms with E-state index in [-0.39, 0.29) is 11.7 Å². The second-order valence-electron chi connectivity index (χ2n) is 6.57. The van der Waals surface area contributed by atoms with E-state index in [1.54, 1.807) is 10.9 Å². The zero-order valence-electron chi connectivity index (χ0n) is 14.9. The molecule has 1 fully saturated rings. The topological polar surface area (TPSA) is 55.1 Å². The summed E-state index contributed by atoms with van der Waals surface area (Å²) in [5.74, 6) is 0. The van der Waals surface area contributed by atoms with Gasteiger partial charge in [-0.15, -0.1) is 0 Å². The summed E-state index contributed by atoms with van der Waals surface area (Å²) in [6.45, 7) is 6.01. The van der Waals surface area contributed by atoms with E-state index in [9.17, 15) is 4.79 Å². The van der Waals surface area contributed by atoms with Crippen LogP contribution in [0.5, 0.6) is 0 Å². The van der Waals surface area contributed by atoms with Gasteiger partial charge in [-0.2, -0.15) is 5.10 Å². The molecule has 2 heterocycles. The van der Waals surface area contributed by atoms with Gasteiger partial charge in [-0.1, -0.05) is 30.3 Å². The van der Waals surface area contributed by atoms with Crippen molar-refractivity contribution in [2.45, 2.75) is 13.0 Å². The van der Waals surface area contributed by atoms with Crippen LogP contribution < -0.4 is 15.9 Å². The van der Waals surface area contributed by atoms with Crippen molar-refractivity contribution in [2.75, 3.05) is 31.1 Å². The second-order valence-corrected chi connectivity index (χ2v) is 6.57. The number of nitrogens with zero attached hydrogens (tertiary/aromatic N) is 4. The van der Waals surface area contributed by atoms with E-state index in [2.05, 4.69) is 27.4 Å². The van der Waals surface area contributed by atoms with Gasteiger partial charge in [0.1, 0.15) is 6.33 Å². The van der Waals surface area contributed by atoms with Crippen LogP contribution in [-0.4, -0.2) is 40.5 Å². The predicted octanol–water partition coefficient (Wildman–Crippen LogP) is 2.05. The molecule has 1 aliphatic rings. The molecule has 6 heteroatoms. The number of benzene rings is 2. The average Bonchev–Trinajstić information content (AvgIpc) is 3.10. The lowest BCUT2D eigenvalue weighted by Crippen LogP contribution is -2.43. The van der Waals surface area contributed by atoms with Gasteiger partial charge in [0.25, 0.3) is 0 Å². The Bertz CT molecular complexity index is 907. The molecule has 1 aromatic heterocycles. The molecular formula is C20H23N5O. The van der Waals surface area contributed by atoms with Crippen molar-refractivity contribution in [3.8, 4) is 5.69 Å². The van der Waals surface area contributed by atoms with Crippen molar-refractivity contribution in [3.63, 3.8) is 0 Å². The molecule has 2 aromatic carbocycles. The molecule has 0 saturated carbocycles. The zero-order valence-corrected chi connectivity index (χ0v) is 14.9. The molecule has 1 saturated heterocycles. The van der Waals surface area contributed by atoms with Gasteiger partial charge in [-0.05, 0) is 36.8 Å². The lowest BCUT2D eigenvalue weighted by atomic mass is 10.1. The largest absolute Gasteiger partial charge is 0.369 e. The molecule has 26 heavy (non-hydrogen) atoms. The van der Waals surface area contributed by atoms with Crippen molar-refractivity contribution in [1.82, 2.24) is 19.7 Å². The Labute approximate surface area is 152 Å². The van der Waals surface area contributed by atoms with Crippen LogP contribution in [0.2, 0.25) is 0 Å². The first-order valence-corrected chi connectivity index (χ1v) is 9.01. The summed E-state index contributed by atoms with van der Waals surface area (Å²) in [7, 11) is 0. The summed E-state index contributed by atoms with van der Waals surface area (Å²) in [5.41, 5.74) is 2.96. The van der Waals surface area contributed by atoms with E-state index >= 15 is 0 Å². The van der Waals surface area contributed by atoms with Crippen LogP contribution in [0.3, 0.4) is 0 Å². The number of hydrogen-bond acceptors (Lipinski definition) is 4. The minimum absolute atomic E-state index is 0.106. The van der Waals surface area contributed by atoms with Gasteiger partial charge >= 0.3 is 5.69 Å². The van der Waals surface area contributed by atoms with E-state index < -0.39 is 0 Å². The van der Waals surface area contributed by atoms with Crippen molar-refractivity contribution in [3.05, 3.63) is 77.0 Å². The quantitative estimate of drug-likeness (QED) is 0.783. The summed E-state index contributed by atoms with van der Waals surface area (Å²) in [6.07, 6.45) is 1.60. The van der Waals surface area contributed by atoms with Gasteiger partial charge in [-0.3, -0.25) is 0 Å². The fourth-order valence-electron chi connectivity index (χ4n) is 3.38. The van der Waals surface area contributed by atoms with Gasteiger partial charge in [0.2, 0.25) is 0 Å². The minimum atomic E-state index is -0.128. The van der Waals surface area contributed by atoms with E-state index in [1.807, 2.05) is 49.4 Å². The van der Waals surface area contributed by atoms with E-state index in [0.29, 0.717) is 0 Å². The van der Waals surface area contributed by atoms with Crippen molar-refractivity contribution < 1.29 is 0 Å². The second kappa shape index (κ2) is 7.17. The predicted molar refractivity (Wildman–Crippen MR) is 103 cm³/mol. The Morgan fingerprint density at radius 3 is 2.31 bits per heavy atom. The number of piperazine rings is 1. The minimum Gasteiger partial charge on any atom is -0.369 e. The third-order valence-corrected chi connectivity index (χ3v) is 4.95. The molecule has 3 aromatic rings. The number of hydrogen-bond donors (Lipinski definition) is 1. The fraction of sp³-hybridized carbons (Fsp3) is 0.300. The lowest BCUT2D eigenvalue weighted by Gasteiger charge is -2.29.